The first kappa shape index (κ1) is 12.8. The monoisotopic (exact) mass is 267 g/mol. The zero-order valence-corrected chi connectivity index (χ0v) is 10.2. The lowest BCUT2D eigenvalue weighted by atomic mass is 10.1. The Morgan fingerprint density at radius 3 is 2.72 bits per heavy atom. The third-order valence-corrected chi connectivity index (χ3v) is 3.41. The number of imide groups is 1. The fourth-order valence-electron chi connectivity index (χ4n) is 1.61. The highest BCUT2D eigenvalue weighted by molar-refractivity contribution is 8.13. The summed E-state index contributed by atoms with van der Waals surface area (Å²) in [7, 11) is 0. The molecule has 1 aromatic carbocycles. The molecule has 1 saturated heterocycles. The van der Waals surface area contributed by atoms with E-state index in [1.165, 1.54) is 24.3 Å². The standard InChI is InChI=1S/C12H10FNO3S/c13-9-4-2-1-3-8(9)10(15)7-14-11(16)5-6-18-12(14)17/h1-4H,5-7H2. The summed E-state index contributed by atoms with van der Waals surface area (Å²) in [6.45, 7) is -0.397. The number of benzene rings is 1. The number of carbonyl (C=O) groups excluding carboxylic acids is 3. The molecule has 0 unspecified atom stereocenters. The average molecular weight is 267 g/mol. The van der Waals surface area contributed by atoms with Gasteiger partial charge < -0.3 is 0 Å². The number of amides is 2. The van der Waals surface area contributed by atoms with Crippen LogP contribution in [0.15, 0.2) is 24.3 Å². The van der Waals surface area contributed by atoms with Crippen molar-refractivity contribution < 1.29 is 18.8 Å². The van der Waals surface area contributed by atoms with E-state index >= 15 is 0 Å². The van der Waals surface area contributed by atoms with Gasteiger partial charge in [-0.2, -0.15) is 0 Å². The van der Waals surface area contributed by atoms with Gasteiger partial charge in [0.2, 0.25) is 5.91 Å². The minimum absolute atomic E-state index is 0.103. The first-order chi connectivity index (χ1) is 8.59. The van der Waals surface area contributed by atoms with Crippen LogP contribution >= 0.6 is 11.8 Å². The second-order valence-corrected chi connectivity index (χ2v) is 4.79. The van der Waals surface area contributed by atoms with Gasteiger partial charge in [-0.1, -0.05) is 23.9 Å². The number of nitrogens with zero attached hydrogens (tertiary/aromatic N) is 1. The third kappa shape index (κ3) is 2.59. The molecule has 0 spiro atoms. The van der Waals surface area contributed by atoms with Crippen LogP contribution in [0.4, 0.5) is 9.18 Å². The van der Waals surface area contributed by atoms with Gasteiger partial charge in [0.05, 0.1) is 12.1 Å². The molecule has 6 heteroatoms. The van der Waals surface area contributed by atoms with Crippen LogP contribution in [0.2, 0.25) is 0 Å². The smallest absolute Gasteiger partial charge is 0.288 e. The van der Waals surface area contributed by atoms with Crippen LogP contribution < -0.4 is 0 Å². The highest BCUT2D eigenvalue weighted by Crippen LogP contribution is 2.19. The molecule has 1 aliphatic rings. The van der Waals surface area contributed by atoms with Crippen molar-refractivity contribution in [2.24, 2.45) is 0 Å². The maximum absolute atomic E-state index is 13.4. The Hall–Kier alpha value is -1.69. The highest BCUT2D eigenvalue weighted by atomic mass is 32.2. The molecule has 0 bridgehead atoms. The number of thioether (sulfide) groups is 1. The fraction of sp³-hybridized carbons (Fsp3) is 0.250. The number of rotatable bonds is 3. The first-order valence-corrected chi connectivity index (χ1v) is 6.33. The van der Waals surface area contributed by atoms with Gasteiger partial charge in [0, 0.05) is 12.2 Å². The lowest BCUT2D eigenvalue weighted by Crippen LogP contribution is -2.41. The van der Waals surface area contributed by atoms with E-state index in [2.05, 4.69) is 0 Å². The number of Topliss-reactive ketones (excluding diaryl/α,β-unsaturated/α-hetero) is 1. The minimum atomic E-state index is -0.646. The molecular weight excluding hydrogens is 257 g/mol. The van der Waals surface area contributed by atoms with E-state index in [9.17, 15) is 18.8 Å². The van der Waals surface area contributed by atoms with Gasteiger partial charge in [-0.05, 0) is 12.1 Å². The maximum Gasteiger partial charge on any atom is 0.288 e. The van der Waals surface area contributed by atoms with E-state index in [0.29, 0.717) is 5.75 Å². The van der Waals surface area contributed by atoms with Crippen molar-refractivity contribution in [2.75, 3.05) is 12.3 Å². The van der Waals surface area contributed by atoms with Gasteiger partial charge in [0.1, 0.15) is 5.82 Å². The molecule has 94 valence electrons. The Kier molecular flexibility index (Phi) is 3.76. The summed E-state index contributed by atoms with van der Waals surface area (Å²) < 4.78 is 13.4. The SMILES string of the molecule is O=C(CN1C(=O)CCSC1=O)c1ccccc1F. The lowest BCUT2D eigenvalue weighted by molar-refractivity contribution is -0.127. The van der Waals surface area contributed by atoms with Crippen molar-refractivity contribution >= 4 is 28.7 Å². The number of halogens is 1. The third-order valence-electron chi connectivity index (χ3n) is 2.54. The van der Waals surface area contributed by atoms with Crippen molar-refractivity contribution in [1.82, 2.24) is 4.90 Å². The molecule has 18 heavy (non-hydrogen) atoms. The van der Waals surface area contributed by atoms with Gasteiger partial charge in [0.25, 0.3) is 5.24 Å². The number of carbonyl (C=O) groups is 3. The van der Waals surface area contributed by atoms with E-state index < -0.39 is 23.4 Å². The normalized spacial score (nSPS) is 15.9. The van der Waals surface area contributed by atoms with E-state index in [4.69, 9.17) is 0 Å². The van der Waals surface area contributed by atoms with Crippen LogP contribution in [0.1, 0.15) is 16.8 Å². The van der Waals surface area contributed by atoms with E-state index in [-0.39, 0.29) is 17.9 Å². The summed E-state index contributed by atoms with van der Waals surface area (Å²) in [4.78, 5) is 35.7. The van der Waals surface area contributed by atoms with Gasteiger partial charge in [0.15, 0.2) is 5.78 Å². The molecule has 2 rings (SSSR count). The van der Waals surface area contributed by atoms with Crippen LogP contribution in [0, 0.1) is 5.82 Å². The largest absolute Gasteiger partial charge is 0.292 e. The van der Waals surface area contributed by atoms with Crippen LogP contribution in [0.3, 0.4) is 0 Å². The van der Waals surface area contributed by atoms with Gasteiger partial charge in [-0.3, -0.25) is 19.3 Å². The van der Waals surface area contributed by atoms with Crippen molar-refractivity contribution in [2.45, 2.75) is 6.42 Å². The highest BCUT2D eigenvalue weighted by Gasteiger charge is 2.29. The zero-order valence-electron chi connectivity index (χ0n) is 9.39. The van der Waals surface area contributed by atoms with Crippen molar-refractivity contribution in [3.05, 3.63) is 35.6 Å². The Balaban J connectivity index is 2.14. The topological polar surface area (TPSA) is 54.5 Å². The minimum Gasteiger partial charge on any atom is -0.292 e. The molecule has 0 N–H and O–H groups in total. The average Bonchev–Trinajstić information content (AvgIpc) is 2.34. The summed E-state index contributed by atoms with van der Waals surface area (Å²) >= 11 is 0.992. The Bertz CT molecular complexity index is 502. The van der Waals surface area contributed by atoms with Crippen LogP contribution in [-0.4, -0.2) is 34.1 Å². The van der Waals surface area contributed by atoms with Gasteiger partial charge in [-0.25, -0.2) is 4.39 Å². The first-order valence-electron chi connectivity index (χ1n) is 5.34. The molecule has 1 fully saturated rings. The van der Waals surface area contributed by atoms with Crippen LogP contribution in [0.25, 0.3) is 0 Å². The molecule has 0 radical (unpaired) electrons. The van der Waals surface area contributed by atoms with Crippen LogP contribution in [0.5, 0.6) is 0 Å². The fourth-order valence-corrected chi connectivity index (χ4v) is 2.38. The molecule has 1 aliphatic heterocycles. The van der Waals surface area contributed by atoms with Crippen LogP contribution in [-0.2, 0) is 4.79 Å². The van der Waals surface area contributed by atoms with Gasteiger partial charge in [-0.15, -0.1) is 0 Å². The summed E-state index contributed by atoms with van der Waals surface area (Å²) in [5, 5.41) is -0.448. The second kappa shape index (κ2) is 5.30. The van der Waals surface area contributed by atoms with Crippen molar-refractivity contribution in [3.8, 4) is 0 Å². The molecule has 0 saturated carbocycles. The lowest BCUT2D eigenvalue weighted by Gasteiger charge is -2.23. The molecule has 1 heterocycles. The molecular formula is C12H10FNO3S. The molecule has 2 amide bonds. The summed E-state index contributed by atoms with van der Waals surface area (Å²) in [5.74, 6) is -1.17. The Morgan fingerprint density at radius 2 is 2.06 bits per heavy atom. The van der Waals surface area contributed by atoms with E-state index in [1.807, 2.05) is 0 Å². The van der Waals surface area contributed by atoms with E-state index in [1.54, 1.807) is 0 Å². The number of hydrogen-bond acceptors (Lipinski definition) is 4. The quantitative estimate of drug-likeness (QED) is 0.787. The van der Waals surface area contributed by atoms with Crippen molar-refractivity contribution in [3.63, 3.8) is 0 Å². The number of hydrogen-bond donors (Lipinski definition) is 0. The van der Waals surface area contributed by atoms with E-state index in [0.717, 1.165) is 16.7 Å². The Labute approximate surface area is 107 Å². The maximum atomic E-state index is 13.4. The second-order valence-electron chi connectivity index (χ2n) is 3.75. The number of ketones is 1. The molecule has 0 aromatic heterocycles. The molecule has 1 aromatic rings. The molecule has 4 nitrogen and oxygen atoms in total. The Morgan fingerprint density at radius 1 is 1.33 bits per heavy atom. The predicted octanol–water partition coefficient (Wildman–Crippen LogP) is 2.09. The summed E-state index contributed by atoms with van der Waals surface area (Å²) in [5.41, 5.74) is -0.103. The molecule has 0 aliphatic carbocycles. The summed E-state index contributed by atoms with van der Waals surface area (Å²) in [6.07, 6.45) is 0.223. The van der Waals surface area contributed by atoms with Gasteiger partial charge >= 0.3 is 0 Å². The molecule has 0 atom stereocenters. The summed E-state index contributed by atoms with van der Waals surface area (Å²) in [6, 6.07) is 5.51. The predicted molar refractivity (Wildman–Crippen MR) is 64.9 cm³/mol. The van der Waals surface area contributed by atoms with Crippen molar-refractivity contribution in [1.29, 1.82) is 0 Å². The zero-order chi connectivity index (χ0) is 13.1.